The number of nitrogens with one attached hydrogen (secondary N) is 2. The van der Waals surface area contributed by atoms with Crippen LogP contribution in [0.25, 0.3) is 0 Å². The van der Waals surface area contributed by atoms with E-state index in [1.54, 1.807) is 12.4 Å². The molecular formula is C18H15F2N5O2. The van der Waals surface area contributed by atoms with Gasteiger partial charge in [-0.3, -0.25) is 4.79 Å². The second-order valence-electron chi connectivity index (χ2n) is 5.93. The largest absolute Gasteiger partial charge is 0.436 e. The van der Waals surface area contributed by atoms with Crippen molar-refractivity contribution in [2.45, 2.75) is 13.1 Å². The SMILES string of the molecule is O=C(Nc1ccc(Oc2ccc(F)cc2F)nc1)c1ncn2c1CNCC2. The smallest absolute Gasteiger partial charge is 0.276 e. The zero-order valence-corrected chi connectivity index (χ0v) is 14.1. The van der Waals surface area contributed by atoms with Crippen molar-refractivity contribution in [1.82, 2.24) is 19.9 Å². The third kappa shape index (κ3) is 3.63. The van der Waals surface area contributed by atoms with E-state index < -0.39 is 11.6 Å². The van der Waals surface area contributed by atoms with E-state index in [-0.39, 0.29) is 17.5 Å². The van der Waals surface area contributed by atoms with Crippen LogP contribution >= 0.6 is 0 Å². The highest BCUT2D eigenvalue weighted by molar-refractivity contribution is 6.03. The van der Waals surface area contributed by atoms with E-state index in [1.807, 2.05) is 4.57 Å². The maximum Gasteiger partial charge on any atom is 0.276 e. The Morgan fingerprint density at radius 3 is 2.89 bits per heavy atom. The molecule has 27 heavy (non-hydrogen) atoms. The molecule has 0 spiro atoms. The number of rotatable bonds is 4. The predicted octanol–water partition coefficient (Wildman–Crippen LogP) is 2.70. The minimum absolute atomic E-state index is 0.113. The summed E-state index contributed by atoms with van der Waals surface area (Å²) in [5, 5.41) is 5.92. The molecule has 3 heterocycles. The molecule has 7 nitrogen and oxygen atoms in total. The van der Waals surface area contributed by atoms with E-state index in [1.165, 1.54) is 18.3 Å². The summed E-state index contributed by atoms with van der Waals surface area (Å²) in [4.78, 5) is 20.6. The van der Waals surface area contributed by atoms with Crippen LogP contribution in [0, 0.1) is 11.6 Å². The highest BCUT2D eigenvalue weighted by atomic mass is 19.1. The van der Waals surface area contributed by atoms with Crippen LogP contribution in [-0.4, -0.2) is 27.0 Å². The molecule has 2 N–H and O–H groups in total. The zero-order valence-electron chi connectivity index (χ0n) is 14.1. The van der Waals surface area contributed by atoms with Gasteiger partial charge in [0.2, 0.25) is 5.88 Å². The van der Waals surface area contributed by atoms with Crippen LogP contribution in [0.15, 0.2) is 42.9 Å². The van der Waals surface area contributed by atoms with Crippen LogP contribution in [0.3, 0.4) is 0 Å². The van der Waals surface area contributed by atoms with E-state index in [9.17, 15) is 13.6 Å². The van der Waals surface area contributed by atoms with Gasteiger partial charge in [0.15, 0.2) is 17.3 Å². The second kappa shape index (κ2) is 7.12. The second-order valence-corrected chi connectivity index (χ2v) is 5.93. The molecule has 4 rings (SSSR count). The number of benzene rings is 1. The number of hydrogen-bond acceptors (Lipinski definition) is 5. The van der Waals surface area contributed by atoms with Crippen LogP contribution in [0.4, 0.5) is 14.5 Å². The van der Waals surface area contributed by atoms with Gasteiger partial charge in [0.05, 0.1) is 23.9 Å². The average molecular weight is 371 g/mol. The fourth-order valence-electron chi connectivity index (χ4n) is 2.76. The summed E-state index contributed by atoms with van der Waals surface area (Å²) in [6.07, 6.45) is 3.03. The zero-order chi connectivity index (χ0) is 18.8. The first kappa shape index (κ1) is 17.1. The number of amides is 1. The number of ether oxygens (including phenoxy) is 1. The third-order valence-corrected chi connectivity index (χ3v) is 4.09. The molecule has 9 heteroatoms. The Kier molecular flexibility index (Phi) is 4.51. The number of imidazole rings is 1. The number of halogens is 2. The van der Waals surface area contributed by atoms with Crippen LogP contribution < -0.4 is 15.4 Å². The van der Waals surface area contributed by atoms with Crippen molar-refractivity contribution >= 4 is 11.6 Å². The number of nitrogens with zero attached hydrogens (tertiary/aromatic N) is 3. The lowest BCUT2D eigenvalue weighted by Crippen LogP contribution is -2.29. The number of carbonyl (C=O) groups excluding carboxylic acids is 1. The highest BCUT2D eigenvalue weighted by Crippen LogP contribution is 2.24. The van der Waals surface area contributed by atoms with Crippen molar-refractivity contribution in [2.75, 3.05) is 11.9 Å². The molecule has 0 saturated heterocycles. The van der Waals surface area contributed by atoms with Gasteiger partial charge in [-0.25, -0.2) is 18.7 Å². The maximum atomic E-state index is 13.6. The van der Waals surface area contributed by atoms with Crippen LogP contribution in [0.1, 0.15) is 16.2 Å². The number of aromatic nitrogens is 3. The van der Waals surface area contributed by atoms with E-state index >= 15 is 0 Å². The fraction of sp³-hybridized carbons (Fsp3) is 0.167. The fourth-order valence-corrected chi connectivity index (χ4v) is 2.76. The van der Waals surface area contributed by atoms with Gasteiger partial charge in [-0.1, -0.05) is 0 Å². The predicted molar refractivity (Wildman–Crippen MR) is 92.6 cm³/mol. The summed E-state index contributed by atoms with van der Waals surface area (Å²) in [6.45, 7) is 2.19. The Morgan fingerprint density at radius 2 is 2.11 bits per heavy atom. The first-order valence-electron chi connectivity index (χ1n) is 8.25. The number of fused-ring (bicyclic) bond motifs is 1. The summed E-state index contributed by atoms with van der Waals surface area (Å²) < 4.78 is 33.8. The van der Waals surface area contributed by atoms with Crippen LogP contribution in [0.5, 0.6) is 11.6 Å². The molecule has 0 atom stereocenters. The van der Waals surface area contributed by atoms with E-state index in [2.05, 4.69) is 20.6 Å². The normalized spacial score (nSPS) is 13.1. The number of carbonyl (C=O) groups is 1. The van der Waals surface area contributed by atoms with Crippen molar-refractivity contribution in [1.29, 1.82) is 0 Å². The van der Waals surface area contributed by atoms with Crippen LogP contribution in [0.2, 0.25) is 0 Å². The Bertz CT molecular complexity index is 988. The lowest BCUT2D eigenvalue weighted by Gasteiger charge is -2.16. The van der Waals surface area contributed by atoms with Crippen LogP contribution in [-0.2, 0) is 13.1 Å². The van der Waals surface area contributed by atoms with Gasteiger partial charge in [-0.2, -0.15) is 0 Å². The van der Waals surface area contributed by atoms with Gasteiger partial charge < -0.3 is 19.9 Å². The monoisotopic (exact) mass is 371 g/mol. The molecule has 1 aliphatic rings. The summed E-state index contributed by atoms with van der Waals surface area (Å²) in [5.74, 6) is -1.89. The molecule has 1 amide bonds. The van der Waals surface area contributed by atoms with E-state index in [4.69, 9.17) is 4.74 Å². The average Bonchev–Trinajstić information content (AvgIpc) is 3.10. The van der Waals surface area contributed by atoms with E-state index in [0.29, 0.717) is 17.9 Å². The van der Waals surface area contributed by atoms with Crippen molar-refractivity contribution in [3.63, 3.8) is 0 Å². The molecule has 2 aromatic heterocycles. The van der Waals surface area contributed by atoms with Gasteiger partial charge in [-0.05, 0) is 18.2 Å². The minimum Gasteiger partial charge on any atom is -0.436 e. The van der Waals surface area contributed by atoms with Crippen molar-refractivity contribution in [3.8, 4) is 11.6 Å². The number of pyridine rings is 1. The lowest BCUT2D eigenvalue weighted by molar-refractivity contribution is 0.102. The van der Waals surface area contributed by atoms with Gasteiger partial charge in [-0.15, -0.1) is 0 Å². The molecule has 0 bridgehead atoms. The molecular weight excluding hydrogens is 356 g/mol. The standard InChI is InChI=1S/C18H15F2N5O2/c19-11-1-3-15(13(20)7-11)27-16-4-2-12(8-22-16)24-18(26)17-14-9-21-5-6-25(14)10-23-17/h1-4,7-8,10,21H,5-6,9H2,(H,24,26). The molecule has 138 valence electrons. The quantitative estimate of drug-likeness (QED) is 0.737. The first-order chi connectivity index (χ1) is 13.1. The molecule has 1 aromatic carbocycles. The summed E-state index contributed by atoms with van der Waals surface area (Å²) in [5.41, 5.74) is 1.63. The first-order valence-corrected chi connectivity index (χ1v) is 8.25. The summed E-state index contributed by atoms with van der Waals surface area (Å²) in [6, 6.07) is 6.04. The topological polar surface area (TPSA) is 81.1 Å². The Morgan fingerprint density at radius 1 is 1.22 bits per heavy atom. The number of anilines is 1. The van der Waals surface area contributed by atoms with E-state index in [0.717, 1.165) is 30.9 Å². The lowest BCUT2D eigenvalue weighted by atomic mass is 10.2. The van der Waals surface area contributed by atoms with Crippen molar-refractivity contribution in [2.24, 2.45) is 0 Å². The van der Waals surface area contributed by atoms with Crippen molar-refractivity contribution < 1.29 is 18.3 Å². The number of hydrogen-bond donors (Lipinski definition) is 2. The van der Waals surface area contributed by atoms with Crippen molar-refractivity contribution in [3.05, 3.63) is 65.9 Å². The molecule has 0 unspecified atom stereocenters. The third-order valence-electron chi connectivity index (χ3n) is 4.09. The van der Waals surface area contributed by atoms with Gasteiger partial charge in [0.1, 0.15) is 5.82 Å². The molecule has 1 aliphatic heterocycles. The Balaban J connectivity index is 1.45. The summed E-state index contributed by atoms with van der Waals surface area (Å²) in [7, 11) is 0. The molecule has 0 saturated carbocycles. The molecule has 3 aromatic rings. The van der Waals surface area contributed by atoms with Gasteiger partial charge in [0, 0.05) is 31.8 Å². The Labute approximate surface area is 153 Å². The van der Waals surface area contributed by atoms with Gasteiger partial charge >= 0.3 is 0 Å². The maximum absolute atomic E-state index is 13.6. The van der Waals surface area contributed by atoms with Gasteiger partial charge in [0.25, 0.3) is 5.91 Å². The molecule has 0 fully saturated rings. The minimum atomic E-state index is -0.827. The Hall–Kier alpha value is -3.33. The molecule has 0 radical (unpaired) electrons. The summed E-state index contributed by atoms with van der Waals surface area (Å²) >= 11 is 0. The highest BCUT2D eigenvalue weighted by Gasteiger charge is 2.20. The molecule has 0 aliphatic carbocycles.